The molecule has 3 N–H and O–H groups in total. The molecule has 0 aliphatic carbocycles. The molecule has 0 saturated carbocycles. The molecule has 0 bridgehead atoms. The van der Waals surface area contributed by atoms with Crippen molar-refractivity contribution in [3.63, 3.8) is 0 Å². The zero-order chi connectivity index (χ0) is 17.0. The highest BCUT2D eigenvalue weighted by molar-refractivity contribution is 7.80. The molecule has 23 heavy (non-hydrogen) atoms. The number of aromatic nitrogens is 1. The van der Waals surface area contributed by atoms with Crippen LogP contribution in [0.15, 0.2) is 36.5 Å². The summed E-state index contributed by atoms with van der Waals surface area (Å²) in [5.41, 5.74) is 4.56. The van der Waals surface area contributed by atoms with Crippen molar-refractivity contribution >= 4 is 40.4 Å². The van der Waals surface area contributed by atoms with E-state index in [1.54, 1.807) is 0 Å². The number of thiocarbonyl (C=S) groups is 1. The summed E-state index contributed by atoms with van der Waals surface area (Å²) in [6.45, 7) is 0. The molecule has 4 nitrogen and oxygen atoms in total. The van der Waals surface area contributed by atoms with E-state index in [1.165, 1.54) is 24.3 Å². The van der Waals surface area contributed by atoms with Gasteiger partial charge in [0, 0.05) is 11.9 Å². The smallest absolute Gasteiger partial charge is 0.331 e. The van der Waals surface area contributed by atoms with Crippen LogP contribution >= 0.6 is 23.8 Å². The van der Waals surface area contributed by atoms with Crippen LogP contribution in [0.5, 0.6) is 0 Å². The number of benzene rings is 1. The van der Waals surface area contributed by atoms with Gasteiger partial charge in [0.1, 0.15) is 5.82 Å². The first kappa shape index (κ1) is 17.2. The summed E-state index contributed by atoms with van der Waals surface area (Å²) < 4.78 is 50.2. The van der Waals surface area contributed by atoms with E-state index in [4.69, 9.17) is 23.8 Å². The first-order valence-electron chi connectivity index (χ1n) is 6.07. The second-order valence-electron chi connectivity index (χ2n) is 4.26. The van der Waals surface area contributed by atoms with Gasteiger partial charge in [-0.3, -0.25) is 10.9 Å². The van der Waals surface area contributed by atoms with Crippen LogP contribution in [0.2, 0.25) is 5.02 Å². The third kappa shape index (κ3) is 4.93. The van der Waals surface area contributed by atoms with Crippen molar-refractivity contribution < 1.29 is 17.6 Å². The summed E-state index contributed by atoms with van der Waals surface area (Å²) in [5.74, 6) is -0.420. The van der Waals surface area contributed by atoms with Crippen molar-refractivity contribution in [1.29, 1.82) is 0 Å². The van der Waals surface area contributed by atoms with E-state index in [0.29, 0.717) is 11.9 Å². The molecular weight excluding hydrogens is 356 g/mol. The first-order valence-corrected chi connectivity index (χ1v) is 6.85. The molecule has 1 aromatic carbocycles. The highest BCUT2D eigenvalue weighted by Crippen LogP contribution is 2.32. The van der Waals surface area contributed by atoms with E-state index in [9.17, 15) is 17.6 Å². The van der Waals surface area contributed by atoms with Crippen LogP contribution in [-0.4, -0.2) is 10.1 Å². The lowest BCUT2D eigenvalue weighted by Crippen LogP contribution is -2.33. The Labute approximate surface area is 138 Å². The van der Waals surface area contributed by atoms with Crippen molar-refractivity contribution in [3.05, 3.63) is 52.9 Å². The summed E-state index contributed by atoms with van der Waals surface area (Å²) in [6, 6.07) is 6.16. The Morgan fingerprint density at radius 3 is 2.39 bits per heavy atom. The highest BCUT2D eigenvalue weighted by atomic mass is 35.5. The van der Waals surface area contributed by atoms with Gasteiger partial charge in [-0.15, -0.1) is 0 Å². The Balaban J connectivity index is 1.95. The van der Waals surface area contributed by atoms with Gasteiger partial charge in [0.25, 0.3) is 0 Å². The van der Waals surface area contributed by atoms with Crippen LogP contribution in [0.25, 0.3) is 0 Å². The predicted molar refractivity (Wildman–Crippen MR) is 83.6 cm³/mol. The number of nitrogens with zero attached hydrogens (tertiary/aromatic N) is 1. The van der Waals surface area contributed by atoms with Crippen LogP contribution in [-0.2, 0) is 6.18 Å². The Morgan fingerprint density at radius 2 is 1.83 bits per heavy atom. The quantitative estimate of drug-likeness (QED) is 0.433. The molecule has 0 aliphatic heterocycles. The number of nitrogens with one attached hydrogen (secondary N) is 3. The van der Waals surface area contributed by atoms with Crippen LogP contribution in [0.3, 0.4) is 0 Å². The van der Waals surface area contributed by atoms with Crippen LogP contribution in [0.4, 0.5) is 29.1 Å². The van der Waals surface area contributed by atoms with Gasteiger partial charge in [-0.2, -0.15) is 13.2 Å². The largest absolute Gasteiger partial charge is 0.417 e. The monoisotopic (exact) mass is 364 g/mol. The van der Waals surface area contributed by atoms with Gasteiger partial charge < -0.3 is 5.32 Å². The molecule has 0 radical (unpaired) electrons. The first-order chi connectivity index (χ1) is 10.8. The predicted octanol–water partition coefficient (Wildman–Crippen LogP) is 4.21. The third-order valence-electron chi connectivity index (χ3n) is 2.57. The van der Waals surface area contributed by atoms with Gasteiger partial charge >= 0.3 is 6.18 Å². The molecule has 122 valence electrons. The van der Waals surface area contributed by atoms with Crippen LogP contribution < -0.4 is 16.2 Å². The minimum Gasteiger partial charge on any atom is -0.331 e. The minimum absolute atomic E-state index is 0.0251. The highest BCUT2D eigenvalue weighted by Gasteiger charge is 2.31. The van der Waals surface area contributed by atoms with E-state index < -0.39 is 17.6 Å². The van der Waals surface area contributed by atoms with Crippen molar-refractivity contribution in [2.24, 2.45) is 0 Å². The maximum Gasteiger partial charge on any atom is 0.417 e. The van der Waals surface area contributed by atoms with E-state index in [1.807, 2.05) is 0 Å². The lowest BCUT2D eigenvalue weighted by atomic mass is 10.3. The molecule has 10 heteroatoms. The average molecular weight is 365 g/mol. The Kier molecular flexibility index (Phi) is 5.22. The zero-order valence-corrected chi connectivity index (χ0v) is 12.8. The molecule has 1 heterocycles. The fourth-order valence-corrected chi connectivity index (χ4v) is 1.88. The van der Waals surface area contributed by atoms with E-state index in [0.717, 1.165) is 6.07 Å². The molecule has 0 atom stereocenters. The summed E-state index contributed by atoms with van der Waals surface area (Å²) in [6.07, 6.45) is -3.88. The SMILES string of the molecule is Fc1ccc(NC(=S)NNc2ncc(C(F)(F)F)cc2Cl)cc1. The fourth-order valence-electron chi connectivity index (χ4n) is 1.50. The average Bonchev–Trinajstić information content (AvgIpc) is 2.47. The number of hydrogen-bond acceptors (Lipinski definition) is 3. The van der Waals surface area contributed by atoms with E-state index >= 15 is 0 Å². The molecular formula is C13H9ClF4N4S. The molecule has 1 aromatic heterocycles. The maximum absolute atomic E-state index is 12.8. The van der Waals surface area contributed by atoms with Gasteiger partial charge in [0.05, 0.1) is 10.6 Å². The number of alkyl halides is 3. The summed E-state index contributed by atoms with van der Waals surface area (Å²) in [4.78, 5) is 3.57. The van der Waals surface area contributed by atoms with Crippen molar-refractivity contribution in [1.82, 2.24) is 10.4 Å². The van der Waals surface area contributed by atoms with Crippen LogP contribution in [0, 0.1) is 5.82 Å². The number of anilines is 2. The Bertz CT molecular complexity index is 706. The number of pyridine rings is 1. The van der Waals surface area contributed by atoms with Crippen molar-refractivity contribution in [2.45, 2.75) is 6.18 Å². The molecule has 0 aliphatic rings. The standard InChI is InChI=1S/C13H9ClF4N4S/c14-10-5-7(13(16,17)18)6-19-11(10)21-22-12(23)20-9-3-1-8(15)2-4-9/h1-6H,(H,19,21)(H2,20,22,23). The molecule has 0 spiro atoms. The molecule has 0 fully saturated rings. The van der Waals surface area contributed by atoms with E-state index in [-0.39, 0.29) is 16.0 Å². The van der Waals surface area contributed by atoms with Crippen molar-refractivity contribution in [3.8, 4) is 0 Å². The molecule has 2 aromatic rings. The van der Waals surface area contributed by atoms with Gasteiger partial charge in [-0.05, 0) is 42.5 Å². The molecule has 2 rings (SSSR count). The summed E-state index contributed by atoms with van der Waals surface area (Å²) in [7, 11) is 0. The van der Waals surface area contributed by atoms with E-state index in [2.05, 4.69) is 21.2 Å². The third-order valence-corrected chi connectivity index (χ3v) is 3.06. The number of hydrogen-bond donors (Lipinski definition) is 3. The second-order valence-corrected chi connectivity index (χ2v) is 5.08. The molecule has 0 amide bonds. The number of halogens is 5. The summed E-state index contributed by atoms with van der Waals surface area (Å²) >= 11 is 10.7. The number of hydrazine groups is 1. The van der Waals surface area contributed by atoms with Gasteiger partial charge in [-0.25, -0.2) is 9.37 Å². The fraction of sp³-hybridized carbons (Fsp3) is 0.0769. The Morgan fingerprint density at radius 1 is 1.17 bits per heavy atom. The zero-order valence-electron chi connectivity index (χ0n) is 11.2. The van der Waals surface area contributed by atoms with Crippen molar-refractivity contribution in [2.75, 3.05) is 10.7 Å². The Hall–Kier alpha value is -2.13. The lowest BCUT2D eigenvalue weighted by Gasteiger charge is -2.14. The van der Waals surface area contributed by atoms with Gasteiger partial charge in [0.15, 0.2) is 10.9 Å². The van der Waals surface area contributed by atoms with Gasteiger partial charge in [-0.1, -0.05) is 11.6 Å². The molecule has 0 unspecified atom stereocenters. The minimum atomic E-state index is -4.53. The lowest BCUT2D eigenvalue weighted by molar-refractivity contribution is -0.137. The summed E-state index contributed by atoms with van der Waals surface area (Å²) in [5, 5.41) is 2.60. The topological polar surface area (TPSA) is 49.0 Å². The van der Waals surface area contributed by atoms with Crippen LogP contribution in [0.1, 0.15) is 5.56 Å². The maximum atomic E-state index is 12.8. The number of rotatable bonds is 3. The van der Waals surface area contributed by atoms with Gasteiger partial charge in [0.2, 0.25) is 0 Å². The normalized spacial score (nSPS) is 11.0. The molecule has 0 saturated heterocycles. The second kappa shape index (κ2) is 6.97.